The van der Waals surface area contributed by atoms with E-state index in [1.54, 1.807) is 29.9 Å². The summed E-state index contributed by atoms with van der Waals surface area (Å²) in [5.41, 5.74) is 2.17. The number of nitrogens with zero attached hydrogens (tertiary/aromatic N) is 2. The number of hydrogen-bond donors (Lipinski definition) is 1. The van der Waals surface area contributed by atoms with Crippen LogP contribution in [0, 0.1) is 0 Å². The molecule has 0 atom stereocenters. The van der Waals surface area contributed by atoms with Crippen LogP contribution in [0.2, 0.25) is 0 Å². The molecular formula is C14H17F2N3O. The van der Waals surface area contributed by atoms with Gasteiger partial charge in [0.05, 0.1) is 0 Å². The van der Waals surface area contributed by atoms with Crippen molar-refractivity contribution < 1.29 is 13.5 Å². The third kappa shape index (κ3) is 3.33. The first-order valence-corrected chi connectivity index (χ1v) is 6.39. The van der Waals surface area contributed by atoms with Crippen molar-refractivity contribution in [3.05, 3.63) is 36.0 Å². The molecule has 0 saturated carbocycles. The number of ether oxygens (including phenoxy) is 1. The summed E-state index contributed by atoms with van der Waals surface area (Å²) in [4.78, 5) is 0. The maximum Gasteiger partial charge on any atom is 0.387 e. The molecule has 0 spiro atoms. The van der Waals surface area contributed by atoms with Gasteiger partial charge in [0.25, 0.3) is 0 Å². The third-order valence-corrected chi connectivity index (χ3v) is 2.83. The molecule has 2 aromatic rings. The van der Waals surface area contributed by atoms with Gasteiger partial charge in [-0.25, -0.2) is 0 Å². The highest BCUT2D eigenvalue weighted by Gasteiger charge is 2.16. The lowest BCUT2D eigenvalue weighted by atomic mass is 10.1. The van der Waals surface area contributed by atoms with Gasteiger partial charge in [0.15, 0.2) is 0 Å². The summed E-state index contributed by atoms with van der Waals surface area (Å²) in [6.07, 6.45) is 1.87. The summed E-state index contributed by atoms with van der Waals surface area (Å²) in [5.74, 6) is 0.138. The molecule has 20 heavy (non-hydrogen) atoms. The van der Waals surface area contributed by atoms with Crippen LogP contribution in [0.1, 0.15) is 12.5 Å². The van der Waals surface area contributed by atoms with E-state index in [1.165, 1.54) is 6.07 Å². The Labute approximate surface area is 116 Å². The molecular weight excluding hydrogens is 264 g/mol. The van der Waals surface area contributed by atoms with Crippen LogP contribution >= 0.6 is 0 Å². The monoisotopic (exact) mass is 281 g/mol. The standard InChI is InChI=1S/C14H17F2N3O/c1-3-17-8-10-9-19(2)18-13(10)11-6-4-5-7-12(11)20-14(15)16/h4-7,9,14,17H,3,8H2,1-2H3. The van der Waals surface area contributed by atoms with Crippen molar-refractivity contribution in [3.63, 3.8) is 0 Å². The van der Waals surface area contributed by atoms with Crippen molar-refractivity contribution in [2.24, 2.45) is 7.05 Å². The molecule has 0 aliphatic rings. The first kappa shape index (κ1) is 14.5. The van der Waals surface area contributed by atoms with E-state index >= 15 is 0 Å². The predicted octanol–water partition coefficient (Wildman–Crippen LogP) is 2.80. The highest BCUT2D eigenvalue weighted by molar-refractivity contribution is 5.69. The highest BCUT2D eigenvalue weighted by Crippen LogP contribution is 2.32. The second kappa shape index (κ2) is 6.47. The number of aromatic nitrogens is 2. The molecule has 1 heterocycles. The van der Waals surface area contributed by atoms with Gasteiger partial charge in [-0.3, -0.25) is 4.68 Å². The first-order valence-electron chi connectivity index (χ1n) is 6.39. The van der Waals surface area contributed by atoms with Crippen LogP contribution in [0.5, 0.6) is 5.75 Å². The average Bonchev–Trinajstić information content (AvgIpc) is 2.77. The fourth-order valence-electron chi connectivity index (χ4n) is 2.01. The number of nitrogens with one attached hydrogen (secondary N) is 1. The summed E-state index contributed by atoms with van der Waals surface area (Å²) < 4.78 is 31.2. The van der Waals surface area contributed by atoms with Crippen LogP contribution < -0.4 is 10.1 Å². The quantitative estimate of drug-likeness (QED) is 0.885. The molecule has 4 nitrogen and oxygen atoms in total. The van der Waals surface area contributed by atoms with Crippen molar-refractivity contribution in [3.8, 4) is 17.0 Å². The van der Waals surface area contributed by atoms with E-state index in [4.69, 9.17) is 0 Å². The fourth-order valence-corrected chi connectivity index (χ4v) is 2.01. The van der Waals surface area contributed by atoms with E-state index in [0.29, 0.717) is 17.8 Å². The lowest BCUT2D eigenvalue weighted by Crippen LogP contribution is -2.12. The lowest BCUT2D eigenvalue weighted by molar-refractivity contribution is -0.0494. The van der Waals surface area contributed by atoms with Gasteiger partial charge in [0, 0.05) is 30.9 Å². The zero-order valence-electron chi connectivity index (χ0n) is 11.4. The number of rotatable bonds is 6. The molecule has 0 fully saturated rings. The largest absolute Gasteiger partial charge is 0.434 e. The number of para-hydroxylation sites is 1. The van der Waals surface area contributed by atoms with Gasteiger partial charge in [0.1, 0.15) is 11.4 Å². The van der Waals surface area contributed by atoms with E-state index in [1.807, 2.05) is 13.1 Å². The van der Waals surface area contributed by atoms with Crippen LogP contribution in [0.15, 0.2) is 30.5 Å². The minimum atomic E-state index is -2.85. The average molecular weight is 281 g/mol. The molecule has 0 saturated heterocycles. The molecule has 6 heteroatoms. The molecule has 0 aliphatic heterocycles. The Balaban J connectivity index is 2.40. The Kier molecular flexibility index (Phi) is 4.68. The summed E-state index contributed by atoms with van der Waals surface area (Å²) in [7, 11) is 1.80. The summed E-state index contributed by atoms with van der Waals surface area (Å²) in [6.45, 7) is 0.605. The van der Waals surface area contributed by atoms with E-state index in [0.717, 1.165) is 12.1 Å². The Bertz CT molecular complexity index is 569. The van der Waals surface area contributed by atoms with Crippen molar-refractivity contribution >= 4 is 0 Å². The maximum atomic E-state index is 12.5. The van der Waals surface area contributed by atoms with Crippen LogP contribution in [0.4, 0.5) is 8.78 Å². The Morgan fingerprint density at radius 1 is 1.35 bits per heavy atom. The van der Waals surface area contributed by atoms with Gasteiger partial charge < -0.3 is 10.1 Å². The van der Waals surface area contributed by atoms with Gasteiger partial charge in [-0.1, -0.05) is 19.1 Å². The molecule has 0 amide bonds. The van der Waals surface area contributed by atoms with Crippen molar-refractivity contribution in [2.75, 3.05) is 6.54 Å². The summed E-state index contributed by atoms with van der Waals surface area (Å²) in [5, 5.41) is 7.56. The van der Waals surface area contributed by atoms with Gasteiger partial charge in [-0.2, -0.15) is 13.9 Å². The van der Waals surface area contributed by atoms with E-state index in [2.05, 4.69) is 15.2 Å². The zero-order valence-corrected chi connectivity index (χ0v) is 11.4. The Morgan fingerprint density at radius 3 is 2.80 bits per heavy atom. The van der Waals surface area contributed by atoms with Crippen molar-refractivity contribution in [2.45, 2.75) is 20.1 Å². The van der Waals surface area contributed by atoms with E-state index in [9.17, 15) is 8.78 Å². The molecule has 0 aliphatic carbocycles. The van der Waals surface area contributed by atoms with Gasteiger partial charge in [-0.05, 0) is 18.7 Å². The van der Waals surface area contributed by atoms with Crippen molar-refractivity contribution in [1.29, 1.82) is 0 Å². The Hall–Kier alpha value is -1.95. The number of aryl methyl sites for hydroxylation is 1. The maximum absolute atomic E-state index is 12.5. The van der Waals surface area contributed by atoms with Crippen LogP contribution in [-0.2, 0) is 13.6 Å². The molecule has 1 aromatic heterocycles. The number of benzene rings is 1. The predicted molar refractivity (Wildman–Crippen MR) is 72.7 cm³/mol. The SMILES string of the molecule is CCNCc1cn(C)nc1-c1ccccc1OC(F)F. The number of hydrogen-bond acceptors (Lipinski definition) is 3. The molecule has 2 rings (SSSR count). The van der Waals surface area contributed by atoms with Gasteiger partial charge in [-0.15, -0.1) is 0 Å². The number of alkyl halides is 2. The molecule has 1 aromatic carbocycles. The minimum Gasteiger partial charge on any atom is -0.434 e. The molecule has 0 bridgehead atoms. The minimum absolute atomic E-state index is 0.138. The van der Waals surface area contributed by atoms with Gasteiger partial charge >= 0.3 is 6.61 Å². The first-order chi connectivity index (χ1) is 9.61. The van der Waals surface area contributed by atoms with Gasteiger partial charge in [0.2, 0.25) is 0 Å². The second-order valence-electron chi connectivity index (χ2n) is 4.33. The summed E-state index contributed by atoms with van der Waals surface area (Å²) >= 11 is 0. The zero-order chi connectivity index (χ0) is 14.5. The normalized spacial score (nSPS) is 11.1. The number of halogens is 2. The van der Waals surface area contributed by atoms with Crippen LogP contribution in [0.25, 0.3) is 11.3 Å². The van der Waals surface area contributed by atoms with E-state index in [-0.39, 0.29) is 5.75 Å². The fraction of sp³-hybridized carbons (Fsp3) is 0.357. The molecule has 0 radical (unpaired) electrons. The molecule has 1 N–H and O–H groups in total. The van der Waals surface area contributed by atoms with E-state index < -0.39 is 6.61 Å². The topological polar surface area (TPSA) is 39.1 Å². The Morgan fingerprint density at radius 2 is 2.10 bits per heavy atom. The lowest BCUT2D eigenvalue weighted by Gasteiger charge is -2.10. The van der Waals surface area contributed by atoms with Crippen LogP contribution in [-0.4, -0.2) is 22.9 Å². The molecule has 108 valence electrons. The van der Waals surface area contributed by atoms with Crippen LogP contribution in [0.3, 0.4) is 0 Å². The smallest absolute Gasteiger partial charge is 0.387 e. The molecule has 0 unspecified atom stereocenters. The second-order valence-corrected chi connectivity index (χ2v) is 4.33. The van der Waals surface area contributed by atoms with Crippen molar-refractivity contribution in [1.82, 2.24) is 15.1 Å². The highest BCUT2D eigenvalue weighted by atomic mass is 19.3. The summed E-state index contributed by atoms with van der Waals surface area (Å²) in [6, 6.07) is 6.69. The third-order valence-electron chi connectivity index (χ3n) is 2.83.